The molecule has 3 rings (SSSR count). The molecule has 0 saturated heterocycles. The number of nitrogens with zero attached hydrogens (tertiary/aromatic N) is 3. The van der Waals surface area contributed by atoms with Crippen LogP contribution in [0.2, 0.25) is 0 Å². The first-order valence-electron chi connectivity index (χ1n) is 6.44. The summed E-state index contributed by atoms with van der Waals surface area (Å²) in [4.78, 5) is 14.0. The van der Waals surface area contributed by atoms with Gasteiger partial charge >= 0.3 is 0 Å². The first-order chi connectivity index (χ1) is 9.15. The van der Waals surface area contributed by atoms with Gasteiger partial charge in [-0.25, -0.2) is 0 Å². The van der Waals surface area contributed by atoms with E-state index >= 15 is 0 Å². The van der Waals surface area contributed by atoms with Crippen LogP contribution in [0.15, 0.2) is 12.1 Å². The van der Waals surface area contributed by atoms with Crippen LogP contribution in [-0.2, 0) is 13.0 Å². The molecule has 1 amide bonds. The lowest BCUT2D eigenvalue weighted by molar-refractivity contribution is 0.0941. The molecule has 0 aromatic carbocycles. The first kappa shape index (κ1) is 12.3. The summed E-state index contributed by atoms with van der Waals surface area (Å²) in [5, 5.41) is 11.3. The average molecular weight is 276 g/mol. The van der Waals surface area contributed by atoms with E-state index in [-0.39, 0.29) is 11.9 Å². The Morgan fingerprint density at radius 2 is 2.32 bits per heavy atom. The number of aryl methyl sites for hydroxylation is 2. The third kappa shape index (κ3) is 2.28. The van der Waals surface area contributed by atoms with Crippen LogP contribution in [0.3, 0.4) is 0 Å². The smallest absolute Gasteiger partial charge is 0.261 e. The van der Waals surface area contributed by atoms with Crippen molar-refractivity contribution in [3.05, 3.63) is 33.5 Å². The molecule has 5 nitrogen and oxygen atoms in total. The van der Waals surface area contributed by atoms with Crippen LogP contribution in [-0.4, -0.2) is 20.7 Å². The molecular formula is C13H16N4OS. The molecule has 0 spiro atoms. The molecule has 1 atom stereocenters. The third-order valence-electron chi connectivity index (χ3n) is 3.34. The zero-order chi connectivity index (χ0) is 13.4. The zero-order valence-corrected chi connectivity index (χ0v) is 11.8. The summed E-state index contributed by atoms with van der Waals surface area (Å²) in [5.74, 6) is 1.85. The number of hydrogen-bond donors (Lipinski definition) is 1. The minimum atomic E-state index is -0.116. The predicted molar refractivity (Wildman–Crippen MR) is 73.3 cm³/mol. The number of nitrogens with one attached hydrogen (secondary N) is 1. The van der Waals surface area contributed by atoms with Crippen molar-refractivity contribution >= 4 is 17.2 Å². The molecule has 2 aromatic rings. The molecule has 1 aliphatic rings. The number of thiophene rings is 1. The maximum absolute atomic E-state index is 12.1. The van der Waals surface area contributed by atoms with E-state index in [1.54, 1.807) is 0 Å². The van der Waals surface area contributed by atoms with Crippen LogP contribution in [0.1, 0.15) is 45.6 Å². The van der Waals surface area contributed by atoms with Gasteiger partial charge in [0.2, 0.25) is 0 Å². The van der Waals surface area contributed by atoms with Gasteiger partial charge in [0.25, 0.3) is 5.91 Å². The highest BCUT2D eigenvalue weighted by molar-refractivity contribution is 7.13. The topological polar surface area (TPSA) is 59.8 Å². The Morgan fingerprint density at radius 1 is 1.47 bits per heavy atom. The maximum Gasteiger partial charge on any atom is 0.261 e. The van der Waals surface area contributed by atoms with Gasteiger partial charge in [0.1, 0.15) is 5.82 Å². The molecule has 3 heterocycles. The van der Waals surface area contributed by atoms with Gasteiger partial charge in [0.05, 0.1) is 10.9 Å². The molecule has 1 aliphatic heterocycles. The molecule has 0 saturated carbocycles. The Labute approximate surface area is 115 Å². The molecule has 100 valence electrons. The van der Waals surface area contributed by atoms with E-state index in [0.29, 0.717) is 0 Å². The fourth-order valence-corrected chi connectivity index (χ4v) is 3.15. The lowest BCUT2D eigenvalue weighted by Crippen LogP contribution is -2.28. The molecule has 2 aromatic heterocycles. The van der Waals surface area contributed by atoms with Crippen molar-refractivity contribution in [1.82, 2.24) is 20.1 Å². The van der Waals surface area contributed by atoms with E-state index < -0.39 is 0 Å². The molecule has 0 fully saturated rings. The monoisotopic (exact) mass is 276 g/mol. The standard InChI is InChI=1S/C13H16N4OS/c1-8-5-6-10(19-8)13(18)14-9(2)12-16-15-11-4-3-7-17(11)12/h5-6,9H,3-4,7H2,1-2H3,(H,14,18). The highest BCUT2D eigenvalue weighted by atomic mass is 32.1. The van der Waals surface area contributed by atoms with Crippen LogP contribution in [0.4, 0.5) is 0 Å². The van der Waals surface area contributed by atoms with E-state index in [4.69, 9.17) is 0 Å². The van der Waals surface area contributed by atoms with Crippen LogP contribution >= 0.6 is 11.3 Å². The van der Waals surface area contributed by atoms with Crippen molar-refractivity contribution in [3.8, 4) is 0 Å². The first-order valence-corrected chi connectivity index (χ1v) is 7.26. The van der Waals surface area contributed by atoms with Crippen LogP contribution in [0, 0.1) is 6.92 Å². The third-order valence-corrected chi connectivity index (χ3v) is 4.34. The van der Waals surface area contributed by atoms with Crippen LogP contribution in [0.5, 0.6) is 0 Å². The largest absolute Gasteiger partial charge is 0.342 e. The normalized spacial score (nSPS) is 15.3. The fraction of sp³-hybridized carbons (Fsp3) is 0.462. The molecule has 0 radical (unpaired) electrons. The number of rotatable bonds is 3. The molecule has 6 heteroatoms. The van der Waals surface area contributed by atoms with Crippen molar-refractivity contribution in [3.63, 3.8) is 0 Å². The lowest BCUT2D eigenvalue weighted by Gasteiger charge is -2.13. The fourth-order valence-electron chi connectivity index (χ4n) is 2.38. The molecular weight excluding hydrogens is 260 g/mol. The highest BCUT2D eigenvalue weighted by Gasteiger charge is 2.22. The number of hydrogen-bond acceptors (Lipinski definition) is 4. The number of carbonyl (C=O) groups is 1. The van der Waals surface area contributed by atoms with Gasteiger partial charge < -0.3 is 9.88 Å². The summed E-state index contributed by atoms with van der Waals surface area (Å²) in [6.45, 7) is 4.90. The quantitative estimate of drug-likeness (QED) is 0.933. The second kappa shape index (κ2) is 4.77. The van der Waals surface area contributed by atoms with Gasteiger partial charge in [-0.15, -0.1) is 21.5 Å². The second-order valence-electron chi connectivity index (χ2n) is 4.84. The number of aromatic nitrogens is 3. The lowest BCUT2D eigenvalue weighted by atomic mass is 10.3. The average Bonchev–Trinajstić information content (AvgIpc) is 3.02. The summed E-state index contributed by atoms with van der Waals surface area (Å²) < 4.78 is 2.12. The van der Waals surface area contributed by atoms with Crippen LogP contribution in [0.25, 0.3) is 0 Å². The summed E-state index contributed by atoms with van der Waals surface area (Å²) >= 11 is 1.51. The van der Waals surface area contributed by atoms with Gasteiger partial charge in [0.15, 0.2) is 5.82 Å². The van der Waals surface area contributed by atoms with E-state index in [1.807, 2.05) is 26.0 Å². The predicted octanol–water partition coefficient (Wildman–Crippen LogP) is 2.09. The SMILES string of the molecule is Cc1ccc(C(=O)NC(C)c2nnc3n2CCC3)s1. The van der Waals surface area contributed by atoms with Gasteiger partial charge in [-0.1, -0.05) is 0 Å². The van der Waals surface area contributed by atoms with E-state index in [0.717, 1.165) is 40.8 Å². The van der Waals surface area contributed by atoms with E-state index in [9.17, 15) is 4.79 Å². The molecule has 1 unspecified atom stereocenters. The summed E-state index contributed by atoms with van der Waals surface area (Å²) in [5.41, 5.74) is 0. The number of amides is 1. The van der Waals surface area contributed by atoms with Crippen molar-refractivity contribution in [2.24, 2.45) is 0 Å². The summed E-state index contributed by atoms with van der Waals surface area (Å²) in [7, 11) is 0. The Balaban J connectivity index is 1.74. The maximum atomic E-state index is 12.1. The summed E-state index contributed by atoms with van der Waals surface area (Å²) in [6, 6.07) is 3.70. The minimum Gasteiger partial charge on any atom is -0.342 e. The Kier molecular flexibility index (Phi) is 3.10. The molecule has 0 aliphatic carbocycles. The Morgan fingerprint density at radius 3 is 3.05 bits per heavy atom. The second-order valence-corrected chi connectivity index (χ2v) is 6.12. The summed E-state index contributed by atoms with van der Waals surface area (Å²) in [6.07, 6.45) is 2.10. The zero-order valence-electron chi connectivity index (χ0n) is 11.0. The molecule has 19 heavy (non-hydrogen) atoms. The minimum absolute atomic E-state index is 0.0408. The van der Waals surface area contributed by atoms with Crippen molar-refractivity contribution < 1.29 is 4.79 Å². The van der Waals surface area contributed by atoms with Crippen molar-refractivity contribution in [1.29, 1.82) is 0 Å². The van der Waals surface area contributed by atoms with Gasteiger partial charge in [-0.05, 0) is 32.4 Å². The van der Waals surface area contributed by atoms with Crippen LogP contribution < -0.4 is 5.32 Å². The van der Waals surface area contributed by atoms with E-state index in [2.05, 4.69) is 20.1 Å². The van der Waals surface area contributed by atoms with Crippen molar-refractivity contribution in [2.75, 3.05) is 0 Å². The van der Waals surface area contributed by atoms with Gasteiger partial charge in [-0.3, -0.25) is 4.79 Å². The Bertz CT molecular complexity index is 616. The van der Waals surface area contributed by atoms with Gasteiger partial charge in [-0.2, -0.15) is 0 Å². The number of carbonyl (C=O) groups excluding carboxylic acids is 1. The Hall–Kier alpha value is -1.69. The molecule has 0 bridgehead atoms. The number of fused-ring (bicyclic) bond motifs is 1. The van der Waals surface area contributed by atoms with Crippen molar-refractivity contribution in [2.45, 2.75) is 39.3 Å². The van der Waals surface area contributed by atoms with E-state index in [1.165, 1.54) is 11.3 Å². The highest BCUT2D eigenvalue weighted by Crippen LogP contribution is 2.20. The molecule has 1 N–H and O–H groups in total. The van der Waals surface area contributed by atoms with Gasteiger partial charge in [0, 0.05) is 17.8 Å².